The van der Waals surface area contributed by atoms with Crippen LogP contribution in [0.3, 0.4) is 0 Å². The molecule has 0 fully saturated rings. The van der Waals surface area contributed by atoms with E-state index in [4.69, 9.17) is 0 Å². The predicted octanol–water partition coefficient (Wildman–Crippen LogP) is 2.33. The number of aryl methyl sites for hydroxylation is 1. The van der Waals surface area contributed by atoms with Crippen molar-refractivity contribution in [3.05, 3.63) is 34.9 Å². The molecule has 2 rings (SSSR count). The molecule has 0 amide bonds. The van der Waals surface area contributed by atoms with E-state index in [0.717, 1.165) is 6.54 Å². The third-order valence-electron chi connectivity index (χ3n) is 3.16. The summed E-state index contributed by atoms with van der Waals surface area (Å²) < 4.78 is 0. The molecular formula is C13H19N. The summed E-state index contributed by atoms with van der Waals surface area (Å²) in [6.07, 6.45) is 3.62. The molecule has 0 bridgehead atoms. The Kier molecular flexibility index (Phi) is 2.87. The molecule has 0 heterocycles. The summed E-state index contributed by atoms with van der Waals surface area (Å²) >= 11 is 0. The minimum Gasteiger partial charge on any atom is -0.314 e. The zero-order chi connectivity index (χ0) is 9.97. The van der Waals surface area contributed by atoms with Crippen molar-refractivity contribution in [2.45, 2.75) is 39.2 Å². The Morgan fingerprint density at radius 2 is 2.14 bits per heavy atom. The van der Waals surface area contributed by atoms with Crippen molar-refractivity contribution in [3.8, 4) is 0 Å². The summed E-state index contributed by atoms with van der Waals surface area (Å²) in [5.74, 6) is 0. The Labute approximate surface area is 86.5 Å². The number of nitrogens with one attached hydrogen (secondary N) is 1. The summed E-state index contributed by atoms with van der Waals surface area (Å²) in [5.41, 5.74) is 4.72. The first-order chi connectivity index (χ1) is 6.85. The lowest BCUT2D eigenvalue weighted by molar-refractivity contribution is 0.551. The van der Waals surface area contributed by atoms with Crippen molar-refractivity contribution in [1.82, 2.24) is 5.32 Å². The molecule has 14 heavy (non-hydrogen) atoms. The van der Waals surface area contributed by atoms with E-state index < -0.39 is 0 Å². The second-order valence-corrected chi connectivity index (χ2v) is 4.07. The van der Waals surface area contributed by atoms with Crippen LogP contribution in [0.5, 0.6) is 0 Å². The van der Waals surface area contributed by atoms with Gasteiger partial charge < -0.3 is 5.32 Å². The van der Waals surface area contributed by atoms with Crippen molar-refractivity contribution in [1.29, 1.82) is 0 Å². The number of rotatable bonds is 3. The first kappa shape index (κ1) is 9.72. The molecule has 0 saturated carbocycles. The maximum atomic E-state index is 3.54. The van der Waals surface area contributed by atoms with Gasteiger partial charge in [-0.05, 0) is 42.5 Å². The molecule has 1 aromatic rings. The highest BCUT2D eigenvalue weighted by Crippen LogP contribution is 2.25. The number of likely N-dealkylation sites (N-methyl/N-ethyl adjacent to an activating group) is 1. The van der Waals surface area contributed by atoms with E-state index in [1.165, 1.54) is 19.3 Å². The summed E-state index contributed by atoms with van der Waals surface area (Å²) in [6, 6.07) is 7.44. The third-order valence-corrected chi connectivity index (χ3v) is 3.16. The fourth-order valence-electron chi connectivity index (χ4n) is 2.49. The molecule has 1 aliphatic carbocycles. The minimum absolute atomic E-state index is 0.683. The second kappa shape index (κ2) is 4.14. The molecule has 0 aromatic heterocycles. The molecule has 0 radical (unpaired) electrons. The van der Waals surface area contributed by atoms with Gasteiger partial charge in [0.2, 0.25) is 0 Å². The molecule has 1 unspecified atom stereocenters. The monoisotopic (exact) mass is 189 g/mol. The molecule has 76 valence electrons. The Bertz CT molecular complexity index is 317. The van der Waals surface area contributed by atoms with Crippen molar-refractivity contribution in [3.63, 3.8) is 0 Å². The largest absolute Gasteiger partial charge is 0.314 e. The molecule has 1 nitrogen and oxygen atoms in total. The van der Waals surface area contributed by atoms with Crippen LogP contribution in [0.1, 0.15) is 30.5 Å². The smallest absolute Gasteiger partial charge is 0.0148 e. The maximum absolute atomic E-state index is 3.54. The van der Waals surface area contributed by atoms with Crippen molar-refractivity contribution < 1.29 is 0 Å². The van der Waals surface area contributed by atoms with Crippen LogP contribution >= 0.6 is 0 Å². The van der Waals surface area contributed by atoms with Crippen LogP contribution in [-0.2, 0) is 19.3 Å². The number of fused-ring (bicyclic) bond motifs is 1. The summed E-state index contributed by atoms with van der Waals surface area (Å²) in [7, 11) is 0. The molecule has 1 atom stereocenters. The van der Waals surface area contributed by atoms with E-state index in [0.29, 0.717) is 6.04 Å². The number of hydrogen-bond donors (Lipinski definition) is 1. The zero-order valence-electron chi connectivity index (χ0n) is 9.14. The highest BCUT2D eigenvalue weighted by Gasteiger charge is 2.21. The predicted molar refractivity (Wildman–Crippen MR) is 60.7 cm³/mol. The van der Waals surface area contributed by atoms with Gasteiger partial charge in [-0.25, -0.2) is 0 Å². The van der Waals surface area contributed by atoms with Crippen LogP contribution in [0.4, 0.5) is 0 Å². The lowest BCUT2D eigenvalue weighted by Crippen LogP contribution is -2.29. The van der Waals surface area contributed by atoms with E-state index in [1.807, 2.05) is 0 Å². The van der Waals surface area contributed by atoms with E-state index in [2.05, 4.69) is 37.4 Å². The molecule has 0 spiro atoms. The molecule has 1 aliphatic rings. The molecular weight excluding hydrogens is 170 g/mol. The SMILES string of the molecule is CCNC1Cc2cccc(CC)c2C1. The Morgan fingerprint density at radius 3 is 2.86 bits per heavy atom. The fourth-order valence-corrected chi connectivity index (χ4v) is 2.49. The highest BCUT2D eigenvalue weighted by molar-refractivity contribution is 5.40. The molecule has 1 heteroatoms. The van der Waals surface area contributed by atoms with Gasteiger partial charge in [0.05, 0.1) is 0 Å². The van der Waals surface area contributed by atoms with Gasteiger partial charge in [-0.3, -0.25) is 0 Å². The quantitative estimate of drug-likeness (QED) is 0.769. The van der Waals surface area contributed by atoms with Gasteiger partial charge in [-0.15, -0.1) is 0 Å². The average Bonchev–Trinajstić information content (AvgIpc) is 2.60. The van der Waals surface area contributed by atoms with Crippen LogP contribution in [-0.4, -0.2) is 12.6 Å². The van der Waals surface area contributed by atoms with Crippen molar-refractivity contribution >= 4 is 0 Å². The van der Waals surface area contributed by atoms with Gasteiger partial charge in [-0.2, -0.15) is 0 Å². The van der Waals surface area contributed by atoms with E-state index >= 15 is 0 Å². The minimum atomic E-state index is 0.683. The molecule has 1 N–H and O–H groups in total. The molecule has 0 saturated heterocycles. The van der Waals surface area contributed by atoms with Gasteiger partial charge in [0, 0.05) is 6.04 Å². The normalized spacial score (nSPS) is 19.7. The van der Waals surface area contributed by atoms with Crippen LogP contribution in [0.25, 0.3) is 0 Å². The fraction of sp³-hybridized carbons (Fsp3) is 0.538. The van der Waals surface area contributed by atoms with Gasteiger partial charge >= 0.3 is 0 Å². The van der Waals surface area contributed by atoms with Gasteiger partial charge in [0.25, 0.3) is 0 Å². The summed E-state index contributed by atoms with van der Waals surface area (Å²) in [4.78, 5) is 0. The summed E-state index contributed by atoms with van der Waals surface area (Å²) in [5, 5.41) is 3.54. The Hall–Kier alpha value is -0.820. The van der Waals surface area contributed by atoms with Gasteiger partial charge in [0.15, 0.2) is 0 Å². The van der Waals surface area contributed by atoms with Gasteiger partial charge in [0.1, 0.15) is 0 Å². The lowest BCUT2D eigenvalue weighted by Gasteiger charge is -2.08. The number of hydrogen-bond acceptors (Lipinski definition) is 1. The van der Waals surface area contributed by atoms with Crippen LogP contribution in [0.2, 0.25) is 0 Å². The number of benzene rings is 1. The highest BCUT2D eigenvalue weighted by atomic mass is 14.9. The second-order valence-electron chi connectivity index (χ2n) is 4.07. The third kappa shape index (κ3) is 1.69. The average molecular weight is 189 g/mol. The lowest BCUT2D eigenvalue weighted by atomic mass is 10.0. The standard InChI is InChI=1S/C13H19N/c1-3-10-6-5-7-11-8-12(14-4-2)9-13(10)11/h5-7,12,14H,3-4,8-9H2,1-2H3. The van der Waals surface area contributed by atoms with Crippen LogP contribution in [0.15, 0.2) is 18.2 Å². The van der Waals surface area contributed by atoms with Gasteiger partial charge in [-0.1, -0.05) is 32.0 Å². The topological polar surface area (TPSA) is 12.0 Å². The first-order valence-corrected chi connectivity index (χ1v) is 5.68. The van der Waals surface area contributed by atoms with Crippen molar-refractivity contribution in [2.24, 2.45) is 0 Å². The van der Waals surface area contributed by atoms with Crippen LogP contribution in [0, 0.1) is 0 Å². The Balaban J connectivity index is 2.21. The van der Waals surface area contributed by atoms with E-state index in [9.17, 15) is 0 Å². The van der Waals surface area contributed by atoms with Crippen molar-refractivity contribution in [2.75, 3.05) is 6.54 Å². The first-order valence-electron chi connectivity index (χ1n) is 5.68. The molecule has 0 aliphatic heterocycles. The Morgan fingerprint density at radius 1 is 1.29 bits per heavy atom. The van der Waals surface area contributed by atoms with Crippen LogP contribution < -0.4 is 5.32 Å². The zero-order valence-corrected chi connectivity index (χ0v) is 9.14. The van der Waals surface area contributed by atoms with E-state index in [1.54, 1.807) is 16.7 Å². The maximum Gasteiger partial charge on any atom is 0.0148 e. The molecule has 1 aromatic carbocycles. The van der Waals surface area contributed by atoms with E-state index in [-0.39, 0.29) is 0 Å². The summed E-state index contributed by atoms with van der Waals surface area (Å²) in [6.45, 7) is 5.51.